The van der Waals surface area contributed by atoms with E-state index in [-0.39, 0.29) is 23.4 Å². The maximum Gasteiger partial charge on any atom is 0.243 e. The molecule has 1 aliphatic heterocycles. The van der Waals surface area contributed by atoms with Crippen molar-refractivity contribution in [1.82, 2.24) is 9.62 Å². The van der Waals surface area contributed by atoms with Crippen LogP contribution in [-0.4, -0.2) is 38.3 Å². The fourth-order valence-corrected chi connectivity index (χ4v) is 4.75. The van der Waals surface area contributed by atoms with Gasteiger partial charge in [-0.1, -0.05) is 12.8 Å². The first-order chi connectivity index (χ1) is 13.5. The zero-order chi connectivity index (χ0) is 20.0. The molecule has 1 saturated heterocycles. The third-order valence-corrected chi connectivity index (χ3v) is 6.79. The van der Waals surface area contributed by atoms with Crippen LogP contribution in [0.25, 0.3) is 0 Å². The Hall–Kier alpha value is -2.16. The predicted octanol–water partition coefficient (Wildman–Crippen LogP) is 3.13. The summed E-state index contributed by atoms with van der Waals surface area (Å²) in [4.78, 5) is 12.4. The average Bonchev–Trinajstić information content (AvgIpc) is 3.08. The molecular formula is C20H27N3O4S. The maximum atomic E-state index is 12.8. The number of sulfonamides is 1. The van der Waals surface area contributed by atoms with E-state index in [0.29, 0.717) is 18.8 Å². The van der Waals surface area contributed by atoms with Crippen LogP contribution in [0.4, 0.5) is 5.69 Å². The smallest absolute Gasteiger partial charge is 0.243 e. The zero-order valence-corrected chi connectivity index (χ0v) is 16.9. The Morgan fingerprint density at radius 1 is 1.11 bits per heavy atom. The van der Waals surface area contributed by atoms with E-state index >= 15 is 0 Å². The number of amides is 1. The minimum Gasteiger partial charge on any atom is -0.468 e. The molecule has 0 bridgehead atoms. The van der Waals surface area contributed by atoms with Gasteiger partial charge in [0.1, 0.15) is 5.76 Å². The van der Waals surface area contributed by atoms with Crippen molar-refractivity contribution in [2.75, 3.05) is 25.0 Å². The molecule has 3 rings (SSSR count). The highest BCUT2D eigenvalue weighted by Crippen LogP contribution is 2.21. The van der Waals surface area contributed by atoms with Gasteiger partial charge in [-0.3, -0.25) is 10.1 Å². The highest BCUT2D eigenvalue weighted by Gasteiger charge is 2.25. The minimum atomic E-state index is -3.48. The Bertz CT molecular complexity index is 855. The summed E-state index contributed by atoms with van der Waals surface area (Å²) < 4.78 is 32.4. The van der Waals surface area contributed by atoms with Gasteiger partial charge in [0.15, 0.2) is 0 Å². The second-order valence-corrected chi connectivity index (χ2v) is 8.95. The summed E-state index contributed by atoms with van der Waals surface area (Å²) in [5, 5.41) is 5.85. The lowest BCUT2D eigenvalue weighted by atomic mass is 10.2. The maximum absolute atomic E-state index is 12.8. The molecule has 7 nitrogen and oxygen atoms in total. The van der Waals surface area contributed by atoms with E-state index in [1.807, 2.05) is 13.0 Å². The molecule has 2 N–H and O–H groups in total. The zero-order valence-electron chi connectivity index (χ0n) is 16.1. The number of nitrogens with zero attached hydrogens (tertiary/aromatic N) is 1. The molecule has 0 aliphatic carbocycles. The van der Waals surface area contributed by atoms with Gasteiger partial charge in [0.25, 0.3) is 0 Å². The molecule has 0 saturated carbocycles. The van der Waals surface area contributed by atoms with Crippen molar-refractivity contribution in [1.29, 1.82) is 0 Å². The van der Waals surface area contributed by atoms with Crippen LogP contribution in [0, 0.1) is 0 Å². The molecule has 0 radical (unpaired) electrons. The summed E-state index contributed by atoms with van der Waals surface area (Å²) in [5.41, 5.74) is 0.562. The second-order valence-electron chi connectivity index (χ2n) is 7.01. The lowest BCUT2D eigenvalue weighted by Crippen LogP contribution is -2.32. The summed E-state index contributed by atoms with van der Waals surface area (Å²) in [6, 6.07) is 9.91. The highest BCUT2D eigenvalue weighted by molar-refractivity contribution is 7.89. The van der Waals surface area contributed by atoms with Crippen molar-refractivity contribution >= 4 is 21.6 Å². The van der Waals surface area contributed by atoms with E-state index in [9.17, 15) is 13.2 Å². The predicted molar refractivity (Wildman–Crippen MR) is 107 cm³/mol. The molecule has 1 aromatic carbocycles. The van der Waals surface area contributed by atoms with Crippen LogP contribution in [0.5, 0.6) is 0 Å². The van der Waals surface area contributed by atoms with Crippen LogP contribution in [0.1, 0.15) is 44.4 Å². The van der Waals surface area contributed by atoms with Gasteiger partial charge in [0, 0.05) is 18.8 Å². The average molecular weight is 406 g/mol. The van der Waals surface area contributed by atoms with Crippen molar-refractivity contribution < 1.29 is 17.6 Å². The molecule has 1 fully saturated rings. The second kappa shape index (κ2) is 9.36. The molecular weight excluding hydrogens is 378 g/mol. The van der Waals surface area contributed by atoms with Crippen molar-refractivity contribution in [3.63, 3.8) is 0 Å². The molecule has 2 aromatic rings. The van der Waals surface area contributed by atoms with Gasteiger partial charge in [-0.05, 0) is 56.2 Å². The number of anilines is 1. The minimum absolute atomic E-state index is 0.0816. The van der Waals surface area contributed by atoms with Crippen LogP contribution in [0.2, 0.25) is 0 Å². The number of furan rings is 1. The van der Waals surface area contributed by atoms with Crippen molar-refractivity contribution in [2.24, 2.45) is 0 Å². The Morgan fingerprint density at radius 2 is 1.79 bits per heavy atom. The van der Waals surface area contributed by atoms with Gasteiger partial charge in [-0.25, -0.2) is 8.42 Å². The number of rotatable bonds is 7. The molecule has 0 unspecified atom stereocenters. The third-order valence-electron chi connectivity index (χ3n) is 4.88. The lowest BCUT2D eigenvalue weighted by Gasteiger charge is -2.20. The number of hydrogen-bond donors (Lipinski definition) is 2. The number of benzene rings is 1. The Labute approximate surface area is 166 Å². The summed E-state index contributed by atoms with van der Waals surface area (Å²) in [6.45, 7) is 3.17. The number of nitrogens with one attached hydrogen (secondary N) is 2. The first-order valence-electron chi connectivity index (χ1n) is 9.63. The van der Waals surface area contributed by atoms with Gasteiger partial charge in [-0.2, -0.15) is 4.31 Å². The van der Waals surface area contributed by atoms with Gasteiger partial charge < -0.3 is 9.73 Å². The molecule has 152 valence electrons. The van der Waals surface area contributed by atoms with Crippen molar-refractivity contribution in [3.8, 4) is 0 Å². The van der Waals surface area contributed by atoms with Gasteiger partial charge >= 0.3 is 0 Å². The monoisotopic (exact) mass is 405 g/mol. The molecule has 0 spiro atoms. The fraction of sp³-hybridized carbons (Fsp3) is 0.450. The Balaban J connectivity index is 1.55. The molecule has 2 heterocycles. The summed E-state index contributed by atoms with van der Waals surface area (Å²) in [6.07, 6.45) is 5.54. The van der Waals surface area contributed by atoms with Crippen LogP contribution < -0.4 is 10.6 Å². The van der Waals surface area contributed by atoms with Gasteiger partial charge in [0.2, 0.25) is 15.9 Å². The van der Waals surface area contributed by atoms with Crippen LogP contribution >= 0.6 is 0 Å². The standard InChI is InChI=1S/C20H27N3O4S/c1-16(19-7-6-14-27-19)21-15-20(24)22-17-8-10-18(11-9-17)28(25,26)23-12-4-2-3-5-13-23/h6-11,14,16,21H,2-5,12-13,15H2,1H3,(H,22,24)/t16-/m1/s1. The highest BCUT2D eigenvalue weighted by atomic mass is 32.2. The number of carbonyl (C=O) groups excluding carboxylic acids is 1. The molecule has 8 heteroatoms. The van der Waals surface area contributed by atoms with E-state index < -0.39 is 10.0 Å². The summed E-state index contributed by atoms with van der Waals surface area (Å²) >= 11 is 0. The lowest BCUT2D eigenvalue weighted by molar-refractivity contribution is -0.115. The molecule has 28 heavy (non-hydrogen) atoms. The van der Waals surface area contributed by atoms with E-state index in [1.54, 1.807) is 40.9 Å². The normalized spacial score (nSPS) is 17.0. The SMILES string of the molecule is C[C@@H](NCC(=O)Nc1ccc(S(=O)(=O)N2CCCCCC2)cc1)c1ccco1. The van der Waals surface area contributed by atoms with Gasteiger partial charge in [0.05, 0.1) is 23.7 Å². The number of hydrogen-bond acceptors (Lipinski definition) is 5. The largest absolute Gasteiger partial charge is 0.468 e. The summed E-state index contributed by atoms with van der Waals surface area (Å²) in [7, 11) is -3.48. The third kappa shape index (κ3) is 5.21. The quantitative estimate of drug-likeness (QED) is 0.738. The number of carbonyl (C=O) groups is 1. The molecule has 1 aromatic heterocycles. The first-order valence-corrected chi connectivity index (χ1v) is 11.1. The van der Waals surface area contributed by atoms with Crippen LogP contribution in [0.3, 0.4) is 0 Å². The van der Waals surface area contributed by atoms with E-state index in [1.165, 1.54) is 0 Å². The Kier molecular flexibility index (Phi) is 6.88. The van der Waals surface area contributed by atoms with E-state index in [0.717, 1.165) is 31.4 Å². The molecule has 1 amide bonds. The Morgan fingerprint density at radius 3 is 2.39 bits per heavy atom. The van der Waals surface area contributed by atoms with Crippen LogP contribution in [0.15, 0.2) is 52.0 Å². The van der Waals surface area contributed by atoms with Gasteiger partial charge in [-0.15, -0.1) is 0 Å². The fourth-order valence-electron chi connectivity index (χ4n) is 3.23. The molecule has 1 aliphatic rings. The molecule has 1 atom stereocenters. The van der Waals surface area contributed by atoms with Crippen molar-refractivity contribution in [3.05, 3.63) is 48.4 Å². The first kappa shape index (κ1) is 20.6. The van der Waals surface area contributed by atoms with Crippen LogP contribution in [-0.2, 0) is 14.8 Å². The topological polar surface area (TPSA) is 91.7 Å². The van der Waals surface area contributed by atoms with Crippen molar-refractivity contribution in [2.45, 2.75) is 43.5 Å². The summed E-state index contributed by atoms with van der Waals surface area (Å²) in [5.74, 6) is 0.553. The van der Waals surface area contributed by atoms with E-state index in [2.05, 4.69) is 10.6 Å². The van der Waals surface area contributed by atoms with E-state index in [4.69, 9.17) is 4.42 Å².